The van der Waals surface area contributed by atoms with Gasteiger partial charge in [-0.05, 0) is 20.3 Å². The van der Waals surface area contributed by atoms with E-state index in [-0.39, 0.29) is 32.2 Å². The first kappa shape index (κ1) is 21.9. The van der Waals surface area contributed by atoms with Crippen molar-refractivity contribution < 1.29 is 32.4 Å². The second-order valence-corrected chi connectivity index (χ2v) is 8.63. The summed E-state index contributed by atoms with van der Waals surface area (Å²) in [4.78, 5) is 37.4. The van der Waals surface area contributed by atoms with Crippen molar-refractivity contribution in [3.63, 3.8) is 0 Å². The number of esters is 1. The van der Waals surface area contributed by atoms with E-state index in [9.17, 15) is 18.9 Å². The molecule has 2 saturated heterocycles. The number of fused-ring (bicyclic) bond motifs is 1. The molecule has 5 atom stereocenters. The fourth-order valence-electron chi connectivity index (χ4n) is 3.10. The van der Waals surface area contributed by atoms with Crippen LogP contribution in [0.15, 0.2) is 15.8 Å². The van der Waals surface area contributed by atoms with E-state index in [1.165, 1.54) is 10.8 Å². The lowest BCUT2D eigenvalue weighted by Crippen LogP contribution is -2.34. The van der Waals surface area contributed by atoms with Crippen molar-refractivity contribution >= 4 is 13.8 Å². The zero-order valence-electron chi connectivity index (χ0n) is 16.5. The van der Waals surface area contributed by atoms with Gasteiger partial charge in [-0.25, -0.2) is 9.36 Å². The fraction of sp³-hybridized carbons (Fsp3) is 0.706. The van der Waals surface area contributed by atoms with E-state index in [0.717, 1.165) is 0 Å². The van der Waals surface area contributed by atoms with Crippen LogP contribution in [-0.4, -0.2) is 47.5 Å². The third-order valence-electron chi connectivity index (χ3n) is 4.79. The van der Waals surface area contributed by atoms with E-state index < -0.39 is 43.4 Å². The Balaban J connectivity index is 1.58. The Morgan fingerprint density at radius 2 is 2.17 bits per heavy atom. The Kier molecular flexibility index (Phi) is 6.75. The van der Waals surface area contributed by atoms with Gasteiger partial charge in [-0.3, -0.25) is 32.7 Å². The first-order chi connectivity index (χ1) is 13.7. The average molecular weight is 432 g/mol. The summed E-state index contributed by atoms with van der Waals surface area (Å²) in [5.41, 5.74) is -0.696. The number of ether oxygens (including phenoxy) is 2. The second-order valence-electron chi connectivity index (χ2n) is 7.01. The molecule has 0 bridgehead atoms. The highest BCUT2D eigenvalue weighted by molar-refractivity contribution is 7.48. The fourth-order valence-corrected chi connectivity index (χ4v) is 4.51. The van der Waals surface area contributed by atoms with E-state index in [1.54, 1.807) is 20.8 Å². The lowest BCUT2D eigenvalue weighted by atomic mass is 10.1. The number of aromatic amines is 1. The molecule has 29 heavy (non-hydrogen) atoms. The largest absolute Gasteiger partial charge is 0.475 e. The van der Waals surface area contributed by atoms with Gasteiger partial charge in [0.15, 0.2) is 0 Å². The summed E-state index contributed by atoms with van der Waals surface area (Å²) in [7, 11) is -3.81. The second kappa shape index (κ2) is 8.93. The van der Waals surface area contributed by atoms with Crippen LogP contribution in [0.2, 0.25) is 0 Å². The number of nitrogens with zero attached hydrogens (tertiary/aromatic N) is 1. The van der Waals surface area contributed by atoms with Crippen molar-refractivity contribution in [3.8, 4) is 0 Å². The predicted octanol–water partition coefficient (Wildman–Crippen LogP) is 1.26. The van der Waals surface area contributed by atoms with E-state index in [1.807, 2.05) is 0 Å². The third kappa shape index (κ3) is 5.04. The molecule has 0 aromatic carbocycles. The maximum absolute atomic E-state index is 12.7. The molecule has 3 rings (SSSR count). The summed E-state index contributed by atoms with van der Waals surface area (Å²) in [5.74, 6) is -0.762. The Morgan fingerprint density at radius 1 is 1.41 bits per heavy atom. The van der Waals surface area contributed by atoms with E-state index in [0.29, 0.717) is 12.0 Å². The molecule has 12 heteroatoms. The van der Waals surface area contributed by atoms with Gasteiger partial charge in [0, 0.05) is 18.2 Å². The first-order valence-corrected chi connectivity index (χ1v) is 10.9. The summed E-state index contributed by atoms with van der Waals surface area (Å²) < 4.78 is 40.7. The van der Waals surface area contributed by atoms with Gasteiger partial charge in [0.1, 0.15) is 18.4 Å². The Morgan fingerprint density at radius 3 is 2.90 bits per heavy atom. The number of rotatable bonds is 7. The van der Waals surface area contributed by atoms with Crippen LogP contribution >= 0.6 is 7.82 Å². The molecule has 3 unspecified atom stereocenters. The average Bonchev–Trinajstić information content (AvgIpc) is 3.07. The number of aryl methyl sites for hydroxylation is 1. The number of H-pyrrole nitrogens is 1. The van der Waals surface area contributed by atoms with Crippen molar-refractivity contribution in [2.45, 2.75) is 52.0 Å². The van der Waals surface area contributed by atoms with E-state index in [2.05, 4.69) is 4.98 Å². The molecular weight excluding hydrogens is 407 g/mol. The molecule has 0 amide bonds. The molecular formula is C17H25N2O9P. The molecule has 2 aliphatic rings. The third-order valence-corrected chi connectivity index (χ3v) is 6.28. The first-order valence-electron chi connectivity index (χ1n) is 9.44. The van der Waals surface area contributed by atoms with Gasteiger partial charge in [0.05, 0.1) is 25.7 Å². The number of nitrogens with one attached hydrogen (secondary N) is 1. The van der Waals surface area contributed by atoms with Gasteiger partial charge in [-0.1, -0.05) is 6.92 Å². The molecule has 1 N–H and O–H groups in total. The summed E-state index contributed by atoms with van der Waals surface area (Å²) in [6.45, 7) is 5.25. The molecule has 0 saturated carbocycles. The minimum Gasteiger partial charge on any atom is -0.466 e. The van der Waals surface area contributed by atoms with Gasteiger partial charge < -0.3 is 9.47 Å². The maximum atomic E-state index is 12.7. The molecule has 1 aromatic rings. The van der Waals surface area contributed by atoms with Gasteiger partial charge >= 0.3 is 19.5 Å². The smallest absolute Gasteiger partial charge is 0.466 e. The normalized spacial score (nSPS) is 30.0. The SMILES string of the molecule is CCOC(=O)C(C)CCOP1(=O)OCC2O[C@H](n3cc(C)c(=O)[nH]c3=O)C[C@H]2O1. The van der Waals surface area contributed by atoms with E-state index in [4.69, 9.17) is 23.0 Å². The van der Waals surface area contributed by atoms with Crippen LogP contribution in [0.4, 0.5) is 0 Å². The highest BCUT2D eigenvalue weighted by Gasteiger charge is 2.48. The van der Waals surface area contributed by atoms with Crippen molar-refractivity contribution in [2.24, 2.45) is 5.92 Å². The summed E-state index contributed by atoms with van der Waals surface area (Å²) in [5, 5.41) is 0. The quantitative estimate of drug-likeness (QED) is 0.499. The Hall–Kier alpha value is -1.78. The number of hydrogen-bond donors (Lipinski definition) is 1. The summed E-state index contributed by atoms with van der Waals surface area (Å²) in [6.07, 6.45) is 0.147. The summed E-state index contributed by atoms with van der Waals surface area (Å²) >= 11 is 0. The highest BCUT2D eigenvalue weighted by Crippen LogP contribution is 2.56. The Labute approximate surface area is 166 Å². The van der Waals surface area contributed by atoms with Gasteiger partial charge in [-0.2, -0.15) is 0 Å². The molecule has 2 aliphatic heterocycles. The molecule has 3 heterocycles. The summed E-state index contributed by atoms with van der Waals surface area (Å²) in [6, 6.07) is 0. The lowest BCUT2D eigenvalue weighted by molar-refractivity contribution is -0.147. The standard InChI is InChI=1S/C17H25N2O9P/c1-4-24-16(21)10(2)5-6-25-29(23)26-9-13-12(28-29)7-14(27-13)19-8-11(3)15(20)18-17(19)22/h8,10,12-14H,4-7,9H2,1-3H3,(H,18,20,22)/t10?,12-,13?,14+,29?/m1/s1. The predicted molar refractivity (Wildman–Crippen MR) is 99.4 cm³/mol. The minimum absolute atomic E-state index is 0.00247. The molecule has 11 nitrogen and oxygen atoms in total. The van der Waals surface area contributed by atoms with Crippen LogP contribution in [0.3, 0.4) is 0 Å². The topological polar surface area (TPSA) is 135 Å². The van der Waals surface area contributed by atoms with Crippen LogP contribution in [0.25, 0.3) is 0 Å². The molecule has 162 valence electrons. The zero-order chi connectivity index (χ0) is 21.2. The monoisotopic (exact) mass is 432 g/mol. The van der Waals surface area contributed by atoms with E-state index >= 15 is 0 Å². The maximum Gasteiger partial charge on any atom is 0.475 e. The number of carbonyl (C=O) groups is 1. The van der Waals surface area contributed by atoms with Crippen LogP contribution < -0.4 is 11.2 Å². The lowest BCUT2D eigenvalue weighted by Gasteiger charge is -2.29. The van der Waals surface area contributed by atoms with Crippen LogP contribution in [0.5, 0.6) is 0 Å². The number of phosphoric acid groups is 1. The molecule has 2 fully saturated rings. The van der Waals surface area contributed by atoms with Crippen molar-refractivity contribution in [2.75, 3.05) is 19.8 Å². The van der Waals surface area contributed by atoms with Crippen molar-refractivity contribution in [1.82, 2.24) is 9.55 Å². The number of hydrogen-bond acceptors (Lipinski definition) is 9. The van der Waals surface area contributed by atoms with Crippen molar-refractivity contribution in [1.29, 1.82) is 0 Å². The zero-order valence-corrected chi connectivity index (χ0v) is 17.4. The Bertz CT molecular complexity index is 911. The number of phosphoric ester groups is 1. The number of aromatic nitrogens is 2. The highest BCUT2D eigenvalue weighted by atomic mass is 31.2. The molecule has 1 aromatic heterocycles. The van der Waals surface area contributed by atoms with Crippen LogP contribution in [0.1, 0.15) is 38.5 Å². The van der Waals surface area contributed by atoms with Crippen LogP contribution in [0, 0.1) is 12.8 Å². The minimum atomic E-state index is -3.81. The number of carbonyl (C=O) groups excluding carboxylic acids is 1. The molecule has 0 radical (unpaired) electrons. The van der Waals surface area contributed by atoms with Gasteiger partial charge in [0.25, 0.3) is 5.56 Å². The van der Waals surface area contributed by atoms with Gasteiger partial charge in [0.2, 0.25) is 0 Å². The van der Waals surface area contributed by atoms with Crippen molar-refractivity contribution in [3.05, 3.63) is 32.6 Å². The molecule has 0 aliphatic carbocycles. The molecule has 0 spiro atoms. The van der Waals surface area contributed by atoms with Crippen LogP contribution in [-0.2, 0) is 32.4 Å². The van der Waals surface area contributed by atoms with Gasteiger partial charge in [-0.15, -0.1) is 0 Å².